The van der Waals surface area contributed by atoms with Gasteiger partial charge in [-0.3, -0.25) is 14.9 Å². The second kappa shape index (κ2) is 9.97. The summed E-state index contributed by atoms with van der Waals surface area (Å²) in [5, 5.41) is 15.3. The lowest BCUT2D eigenvalue weighted by atomic mass is 9.70. The van der Waals surface area contributed by atoms with Crippen molar-refractivity contribution in [2.45, 2.75) is 46.1 Å². The summed E-state index contributed by atoms with van der Waals surface area (Å²) in [4.78, 5) is 17.6. The molecule has 1 fully saturated rings. The van der Waals surface area contributed by atoms with Crippen molar-refractivity contribution < 1.29 is 4.79 Å². The van der Waals surface area contributed by atoms with Crippen molar-refractivity contribution in [3.8, 4) is 0 Å². The maximum Gasteiger partial charge on any atom is 0.253 e. The molecule has 5 rings (SSSR count). The second-order valence-electron chi connectivity index (χ2n) is 10.7. The van der Waals surface area contributed by atoms with Gasteiger partial charge in [0, 0.05) is 23.3 Å². The molecule has 1 amide bonds. The highest BCUT2D eigenvalue weighted by molar-refractivity contribution is 6.01. The van der Waals surface area contributed by atoms with E-state index in [0.717, 1.165) is 46.5 Å². The number of carbonyl (C=O) groups is 1. The monoisotopic (exact) mass is 479 g/mol. The Morgan fingerprint density at radius 3 is 2.69 bits per heavy atom. The number of carbonyl (C=O) groups excluding carboxylic acids is 1. The summed E-state index contributed by atoms with van der Waals surface area (Å²) in [6.07, 6.45) is 8.92. The van der Waals surface area contributed by atoms with Crippen LogP contribution in [-0.2, 0) is 0 Å². The molecule has 6 heteroatoms. The predicted octanol–water partition coefficient (Wildman–Crippen LogP) is 6.82. The van der Waals surface area contributed by atoms with E-state index < -0.39 is 0 Å². The number of aromatic amines is 1. The number of amides is 1. The normalized spacial score (nSPS) is 19.4. The van der Waals surface area contributed by atoms with Crippen molar-refractivity contribution in [1.29, 1.82) is 0 Å². The first-order chi connectivity index (χ1) is 17.4. The predicted molar refractivity (Wildman–Crippen MR) is 147 cm³/mol. The summed E-state index contributed by atoms with van der Waals surface area (Å²) in [5.41, 5.74) is 5.22. The molecule has 0 radical (unpaired) electrons. The van der Waals surface area contributed by atoms with Crippen molar-refractivity contribution in [3.63, 3.8) is 0 Å². The topological polar surface area (TPSA) is 82.7 Å². The summed E-state index contributed by atoms with van der Waals surface area (Å²) < 4.78 is 0. The third-order valence-corrected chi connectivity index (χ3v) is 6.86. The molecule has 0 spiro atoms. The number of pyridine rings is 1. The molecule has 2 atom stereocenters. The largest absolute Gasteiger partial charge is 0.355 e. The molecular weight excluding hydrogens is 446 g/mol. The van der Waals surface area contributed by atoms with Gasteiger partial charge in [-0.2, -0.15) is 5.10 Å². The molecule has 2 heterocycles. The molecule has 3 N–H and O–H groups in total. The lowest BCUT2D eigenvalue weighted by Gasteiger charge is -2.39. The quantitative estimate of drug-likeness (QED) is 0.283. The van der Waals surface area contributed by atoms with Crippen LogP contribution in [0.4, 0.5) is 11.4 Å². The zero-order valence-corrected chi connectivity index (χ0v) is 21.1. The Bertz CT molecular complexity index is 1390. The molecule has 1 saturated carbocycles. The second-order valence-corrected chi connectivity index (χ2v) is 10.7. The zero-order chi connectivity index (χ0) is 25.1. The van der Waals surface area contributed by atoms with Crippen LogP contribution in [0.25, 0.3) is 23.1 Å². The zero-order valence-electron chi connectivity index (χ0n) is 21.1. The summed E-state index contributed by atoms with van der Waals surface area (Å²) in [5.74, 6) is 0.579. The van der Waals surface area contributed by atoms with E-state index in [2.05, 4.69) is 46.6 Å². The van der Waals surface area contributed by atoms with Crippen LogP contribution in [0.2, 0.25) is 0 Å². The van der Waals surface area contributed by atoms with Crippen LogP contribution >= 0.6 is 0 Å². The molecule has 4 aromatic rings. The van der Waals surface area contributed by atoms with Crippen LogP contribution in [0, 0.1) is 11.3 Å². The number of anilines is 2. The minimum absolute atomic E-state index is 0.0300. The van der Waals surface area contributed by atoms with Gasteiger partial charge in [0.1, 0.15) is 0 Å². The van der Waals surface area contributed by atoms with Crippen molar-refractivity contribution >= 4 is 40.3 Å². The summed E-state index contributed by atoms with van der Waals surface area (Å²) >= 11 is 0. The highest BCUT2D eigenvalue weighted by Gasteiger charge is 2.33. The van der Waals surface area contributed by atoms with Gasteiger partial charge in [0.2, 0.25) is 0 Å². The van der Waals surface area contributed by atoms with Crippen LogP contribution in [-0.4, -0.2) is 27.1 Å². The van der Waals surface area contributed by atoms with E-state index in [1.807, 2.05) is 72.8 Å². The van der Waals surface area contributed by atoms with Crippen molar-refractivity contribution in [2.75, 3.05) is 5.32 Å². The molecule has 2 unspecified atom stereocenters. The Labute approximate surface area is 212 Å². The fraction of sp³-hybridized carbons (Fsp3) is 0.300. The van der Waals surface area contributed by atoms with Gasteiger partial charge in [0.25, 0.3) is 5.91 Å². The van der Waals surface area contributed by atoms with Gasteiger partial charge in [0.05, 0.1) is 28.2 Å². The van der Waals surface area contributed by atoms with Crippen LogP contribution in [0.3, 0.4) is 0 Å². The fourth-order valence-electron chi connectivity index (χ4n) is 5.55. The number of aromatic nitrogens is 3. The number of para-hydroxylation sites is 1. The summed E-state index contributed by atoms with van der Waals surface area (Å²) in [6, 6.07) is 19.7. The number of rotatable bonds is 6. The summed E-state index contributed by atoms with van der Waals surface area (Å²) in [7, 11) is 0. The molecule has 2 aromatic heterocycles. The van der Waals surface area contributed by atoms with Gasteiger partial charge in [-0.15, -0.1) is 0 Å². The van der Waals surface area contributed by atoms with Crippen molar-refractivity contribution in [2.24, 2.45) is 11.3 Å². The molecule has 6 nitrogen and oxygen atoms in total. The molecule has 36 heavy (non-hydrogen) atoms. The van der Waals surface area contributed by atoms with E-state index in [1.165, 1.54) is 6.42 Å². The molecule has 1 aliphatic carbocycles. The van der Waals surface area contributed by atoms with Crippen molar-refractivity contribution in [1.82, 2.24) is 20.5 Å². The molecular formula is C30H33N5O. The van der Waals surface area contributed by atoms with E-state index in [4.69, 9.17) is 0 Å². The molecule has 184 valence electrons. The average molecular weight is 480 g/mol. The highest BCUT2D eigenvalue weighted by Crippen LogP contribution is 2.38. The molecule has 0 saturated heterocycles. The first-order valence-corrected chi connectivity index (χ1v) is 12.6. The Kier molecular flexibility index (Phi) is 6.59. The SMILES string of the molecule is CC1CC(NC(=O)c2ccccc2Nc2ccc3c(/C=C/c4ccccn4)n[nH]c3c2)CC(C)(C)C1. The number of benzene rings is 2. The van der Waals surface area contributed by atoms with Gasteiger partial charge in [0.15, 0.2) is 0 Å². The first-order valence-electron chi connectivity index (χ1n) is 12.6. The van der Waals surface area contributed by atoms with Gasteiger partial charge in [-0.25, -0.2) is 0 Å². The van der Waals surface area contributed by atoms with Gasteiger partial charge < -0.3 is 10.6 Å². The van der Waals surface area contributed by atoms with Gasteiger partial charge in [-0.1, -0.05) is 39.0 Å². The first kappa shape index (κ1) is 23.8. The number of nitrogens with zero attached hydrogens (tertiary/aromatic N) is 2. The fourth-order valence-corrected chi connectivity index (χ4v) is 5.55. The minimum Gasteiger partial charge on any atom is -0.355 e. The van der Waals surface area contributed by atoms with Crippen LogP contribution in [0.5, 0.6) is 0 Å². The van der Waals surface area contributed by atoms with Gasteiger partial charge in [-0.05, 0) is 85.2 Å². The van der Waals surface area contributed by atoms with E-state index >= 15 is 0 Å². The lowest BCUT2D eigenvalue weighted by Crippen LogP contribution is -2.43. The lowest BCUT2D eigenvalue weighted by molar-refractivity contribution is 0.0875. The van der Waals surface area contributed by atoms with E-state index in [9.17, 15) is 4.79 Å². The number of hydrogen-bond acceptors (Lipinski definition) is 4. The highest BCUT2D eigenvalue weighted by atomic mass is 16.1. The average Bonchev–Trinajstić information content (AvgIpc) is 3.24. The van der Waals surface area contributed by atoms with Crippen molar-refractivity contribution in [3.05, 3.63) is 83.8 Å². The number of H-pyrrole nitrogens is 1. The van der Waals surface area contributed by atoms with Crippen LogP contribution in [0.15, 0.2) is 66.9 Å². The number of nitrogens with one attached hydrogen (secondary N) is 3. The Morgan fingerprint density at radius 2 is 1.89 bits per heavy atom. The molecule has 0 bridgehead atoms. The Morgan fingerprint density at radius 1 is 1.06 bits per heavy atom. The van der Waals surface area contributed by atoms with E-state index in [1.54, 1.807) is 6.20 Å². The summed E-state index contributed by atoms with van der Waals surface area (Å²) in [6.45, 7) is 6.87. The minimum atomic E-state index is -0.0300. The third kappa shape index (κ3) is 5.48. The molecule has 2 aromatic carbocycles. The third-order valence-electron chi connectivity index (χ3n) is 6.86. The maximum atomic E-state index is 13.3. The maximum absolute atomic E-state index is 13.3. The van der Waals surface area contributed by atoms with E-state index in [-0.39, 0.29) is 17.4 Å². The van der Waals surface area contributed by atoms with E-state index in [0.29, 0.717) is 11.5 Å². The molecule has 1 aliphatic rings. The van der Waals surface area contributed by atoms with Crippen LogP contribution in [0.1, 0.15) is 61.8 Å². The van der Waals surface area contributed by atoms with Crippen LogP contribution < -0.4 is 10.6 Å². The smallest absolute Gasteiger partial charge is 0.253 e. The molecule has 0 aliphatic heterocycles. The number of hydrogen-bond donors (Lipinski definition) is 3. The number of fused-ring (bicyclic) bond motifs is 1. The Balaban J connectivity index is 1.32. The Hall–Kier alpha value is -3.93. The standard InChI is InChI=1S/C30H33N5O/c1-20-16-23(19-30(2,3)18-20)33-29(36)25-9-4-5-10-26(25)32-22-11-13-24-27(34-35-28(24)17-22)14-12-21-8-6-7-15-31-21/h4-15,17,20,23,32H,16,18-19H2,1-3H3,(H,33,36)(H,34,35)/b14-12+. The van der Waals surface area contributed by atoms with Gasteiger partial charge >= 0.3 is 0 Å².